The number of nitriles is 1. The van der Waals surface area contributed by atoms with Gasteiger partial charge in [0, 0.05) is 11.4 Å². The molecule has 1 aromatic carbocycles. The Morgan fingerprint density at radius 3 is 2.57 bits per heavy atom. The van der Waals surface area contributed by atoms with Crippen LogP contribution in [0, 0.1) is 32.1 Å². The van der Waals surface area contributed by atoms with E-state index in [1.165, 1.54) is 10.6 Å². The Hall–Kier alpha value is -2.87. The SMILES string of the molecule is Cc1ccc(C)c(NC(=O)C(C)n2c(C)ccc(C#N)c2=O)c1. The minimum Gasteiger partial charge on any atom is -0.324 e. The van der Waals surface area contributed by atoms with E-state index >= 15 is 0 Å². The van der Waals surface area contributed by atoms with Crippen molar-refractivity contribution in [1.29, 1.82) is 5.26 Å². The summed E-state index contributed by atoms with van der Waals surface area (Å²) in [5.41, 5.74) is 2.93. The van der Waals surface area contributed by atoms with E-state index in [4.69, 9.17) is 5.26 Å². The third-order valence-electron chi connectivity index (χ3n) is 3.86. The summed E-state index contributed by atoms with van der Waals surface area (Å²) < 4.78 is 1.35. The number of anilines is 1. The van der Waals surface area contributed by atoms with Crippen LogP contribution in [0.3, 0.4) is 0 Å². The van der Waals surface area contributed by atoms with Crippen molar-refractivity contribution in [3.63, 3.8) is 0 Å². The van der Waals surface area contributed by atoms with Gasteiger partial charge in [0.2, 0.25) is 5.91 Å². The lowest BCUT2D eigenvalue weighted by atomic mass is 10.1. The Labute approximate surface area is 135 Å². The zero-order valence-corrected chi connectivity index (χ0v) is 13.7. The number of amides is 1. The fourth-order valence-electron chi connectivity index (χ4n) is 2.44. The van der Waals surface area contributed by atoms with Gasteiger partial charge in [-0.25, -0.2) is 0 Å². The number of aromatic nitrogens is 1. The van der Waals surface area contributed by atoms with E-state index in [1.54, 1.807) is 19.9 Å². The molecule has 1 unspecified atom stereocenters. The van der Waals surface area contributed by atoms with E-state index in [0.29, 0.717) is 5.69 Å². The van der Waals surface area contributed by atoms with E-state index in [0.717, 1.165) is 16.8 Å². The van der Waals surface area contributed by atoms with Gasteiger partial charge in [-0.3, -0.25) is 14.2 Å². The molecular formula is C18H19N3O2. The number of hydrogen-bond donors (Lipinski definition) is 1. The Balaban J connectivity index is 2.36. The highest BCUT2D eigenvalue weighted by molar-refractivity contribution is 5.94. The maximum atomic E-state index is 12.5. The molecule has 0 aliphatic heterocycles. The molecule has 1 N–H and O–H groups in total. The first-order valence-electron chi connectivity index (χ1n) is 7.35. The normalized spacial score (nSPS) is 11.6. The van der Waals surface area contributed by atoms with Crippen LogP contribution in [0.4, 0.5) is 5.69 Å². The molecular weight excluding hydrogens is 290 g/mol. The Kier molecular flexibility index (Phi) is 4.65. The van der Waals surface area contributed by atoms with Gasteiger partial charge in [0.15, 0.2) is 0 Å². The molecule has 0 spiro atoms. The van der Waals surface area contributed by atoms with Crippen molar-refractivity contribution in [1.82, 2.24) is 4.57 Å². The lowest BCUT2D eigenvalue weighted by Gasteiger charge is -2.19. The van der Waals surface area contributed by atoms with Crippen LogP contribution in [-0.2, 0) is 4.79 Å². The van der Waals surface area contributed by atoms with Crippen molar-refractivity contribution < 1.29 is 4.79 Å². The average molecular weight is 309 g/mol. The first-order chi connectivity index (χ1) is 10.8. The van der Waals surface area contributed by atoms with Gasteiger partial charge in [-0.1, -0.05) is 12.1 Å². The van der Waals surface area contributed by atoms with Gasteiger partial charge in [-0.2, -0.15) is 5.26 Å². The molecule has 0 bridgehead atoms. The minimum atomic E-state index is -0.712. The maximum absolute atomic E-state index is 12.5. The number of hydrogen-bond acceptors (Lipinski definition) is 3. The van der Waals surface area contributed by atoms with Crippen molar-refractivity contribution in [2.75, 3.05) is 5.32 Å². The van der Waals surface area contributed by atoms with Gasteiger partial charge in [-0.15, -0.1) is 0 Å². The summed E-state index contributed by atoms with van der Waals surface area (Å²) in [6.07, 6.45) is 0. The lowest BCUT2D eigenvalue weighted by Crippen LogP contribution is -2.34. The number of carbonyl (C=O) groups excluding carboxylic acids is 1. The van der Waals surface area contributed by atoms with Gasteiger partial charge >= 0.3 is 0 Å². The van der Waals surface area contributed by atoms with Crippen molar-refractivity contribution >= 4 is 11.6 Å². The van der Waals surface area contributed by atoms with Crippen molar-refractivity contribution in [3.8, 4) is 6.07 Å². The molecule has 0 aliphatic rings. The van der Waals surface area contributed by atoms with Crippen LogP contribution in [0.1, 0.15) is 35.3 Å². The molecule has 0 fully saturated rings. The number of nitrogens with one attached hydrogen (secondary N) is 1. The summed E-state index contributed by atoms with van der Waals surface area (Å²) in [5.74, 6) is -0.293. The van der Waals surface area contributed by atoms with Crippen LogP contribution >= 0.6 is 0 Å². The Morgan fingerprint density at radius 1 is 1.22 bits per heavy atom. The second-order valence-corrected chi connectivity index (χ2v) is 5.66. The number of aryl methyl sites for hydroxylation is 3. The van der Waals surface area contributed by atoms with E-state index < -0.39 is 11.6 Å². The van der Waals surface area contributed by atoms with Crippen LogP contribution in [0.25, 0.3) is 0 Å². The molecule has 2 rings (SSSR count). The summed E-state index contributed by atoms with van der Waals surface area (Å²) in [7, 11) is 0. The van der Waals surface area contributed by atoms with Crippen LogP contribution in [0.5, 0.6) is 0 Å². The van der Waals surface area contributed by atoms with Crippen LogP contribution < -0.4 is 10.9 Å². The van der Waals surface area contributed by atoms with Crippen molar-refractivity contribution in [2.24, 2.45) is 0 Å². The quantitative estimate of drug-likeness (QED) is 0.947. The third-order valence-corrected chi connectivity index (χ3v) is 3.86. The molecule has 1 atom stereocenters. The van der Waals surface area contributed by atoms with Gasteiger partial charge in [-0.05, 0) is 57.0 Å². The molecule has 0 saturated heterocycles. The molecule has 1 aromatic heterocycles. The molecule has 118 valence electrons. The molecule has 5 heteroatoms. The molecule has 1 heterocycles. The molecule has 1 amide bonds. The molecule has 5 nitrogen and oxygen atoms in total. The molecule has 2 aromatic rings. The zero-order valence-electron chi connectivity index (χ0n) is 13.7. The molecule has 0 saturated carbocycles. The van der Waals surface area contributed by atoms with E-state index in [9.17, 15) is 9.59 Å². The topological polar surface area (TPSA) is 74.9 Å². The first-order valence-corrected chi connectivity index (χ1v) is 7.35. The third kappa shape index (κ3) is 3.32. The predicted molar refractivity (Wildman–Crippen MR) is 89.4 cm³/mol. The van der Waals surface area contributed by atoms with Gasteiger partial charge in [0.05, 0.1) is 0 Å². The summed E-state index contributed by atoms with van der Waals surface area (Å²) in [5, 5.41) is 11.9. The van der Waals surface area contributed by atoms with Crippen LogP contribution in [-0.4, -0.2) is 10.5 Å². The van der Waals surface area contributed by atoms with E-state index in [1.807, 2.05) is 38.1 Å². The van der Waals surface area contributed by atoms with Gasteiger partial charge in [0.25, 0.3) is 5.56 Å². The second-order valence-electron chi connectivity index (χ2n) is 5.66. The fraction of sp³-hybridized carbons (Fsp3) is 0.278. The second kappa shape index (κ2) is 6.49. The highest BCUT2D eigenvalue weighted by atomic mass is 16.2. The van der Waals surface area contributed by atoms with Crippen LogP contribution in [0.2, 0.25) is 0 Å². The largest absolute Gasteiger partial charge is 0.324 e. The highest BCUT2D eigenvalue weighted by Crippen LogP contribution is 2.18. The number of rotatable bonds is 3. The Bertz CT molecular complexity index is 860. The summed E-state index contributed by atoms with van der Waals surface area (Å²) in [6.45, 7) is 7.25. The number of pyridine rings is 1. The van der Waals surface area contributed by atoms with Crippen molar-refractivity contribution in [3.05, 3.63) is 63.1 Å². The highest BCUT2D eigenvalue weighted by Gasteiger charge is 2.20. The number of benzene rings is 1. The van der Waals surface area contributed by atoms with E-state index in [-0.39, 0.29) is 11.5 Å². The minimum absolute atomic E-state index is 0.0296. The smallest absolute Gasteiger partial charge is 0.269 e. The zero-order chi connectivity index (χ0) is 17.1. The van der Waals surface area contributed by atoms with E-state index in [2.05, 4.69) is 5.32 Å². The van der Waals surface area contributed by atoms with Crippen molar-refractivity contribution in [2.45, 2.75) is 33.7 Å². The monoisotopic (exact) mass is 309 g/mol. The van der Waals surface area contributed by atoms with Gasteiger partial charge in [0.1, 0.15) is 17.7 Å². The summed E-state index contributed by atoms with van der Waals surface area (Å²) >= 11 is 0. The fourth-order valence-corrected chi connectivity index (χ4v) is 2.44. The number of carbonyl (C=O) groups is 1. The average Bonchev–Trinajstić information content (AvgIpc) is 2.51. The molecule has 23 heavy (non-hydrogen) atoms. The summed E-state index contributed by atoms with van der Waals surface area (Å²) in [6, 6.07) is 10.1. The standard InChI is InChI=1S/C18H19N3O2/c1-11-5-6-12(2)16(9-11)20-17(22)14(4)21-13(3)7-8-15(10-19)18(21)23/h5-9,14H,1-4H3,(H,20,22). The predicted octanol–water partition coefficient (Wildman–Crippen LogP) is 2.84. The van der Waals surface area contributed by atoms with Crippen LogP contribution in [0.15, 0.2) is 35.1 Å². The Morgan fingerprint density at radius 2 is 1.91 bits per heavy atom. The lowest BCUT2D eigenvalue weighted by molar-refractivity contribution is -0.118. The van der Waals surface area contributed by atoms with Gasteiger partial charge < -0.3 is 5.32 Å². The summed E-state index contributed by atoms with van der Waals surface area (Å²) in [4.78, 5) is 24.8. The molecule has 0 radical (unpaired) electrons. The maximum Gasteiger partial charge on any atom is 0.269 e. The number of nitrogens with zero attached hydrogens (tertiary/aromatic N) is 2. The molecule has 0 aliphatic carbocycles. The first kappa shape index (κ1) is 16.5.